The third-order valence-electron chi connectivity index (χ3n) is 5.24. The highest BCUT2D eigenvalue weighted by Gasteiger charge is 2.32. The molecule has 0 aliphatic carbocycles. The minimum atomic E-state index is -1.03. The van der Waals surface area contributed by atoms with Gasteiger partial charge in [-0.2, -0.15) is 0 Å². The molecule has 35 heavy (non-hydrogen) atoms. The molecule has 8 heteroatoms. The number of amides is 1. The summed E-state index contributed by atoms with van der Waals surface area (Å²) in [5, 5.41) is 9.72. The fourth-order valence-corrected chi connectivity index (χ4v) is 4.53. The second-order valence-electron chi connectivity index (χ2n) is 7.59. The van der Waals surface area contributed by atoms with Crippen molar-refractivity contribution in [3.05, 3.63) is 94.4 Å². The molecule has 3 aromatic rings. The normalized spacial score (nSPS) is 15.6. The molecule has 1 heterocycles. The number of aromatic carboxylic acids is 1. The first kappa shape index (κ1) is 24.1. The van der Waals surface area contributed by atoms with Crippen molar-refractivity contribution < 1.29 is 24.2 Å². The minimum absolute atomic E-state index is 0.140. The first-order valence-corrected chi connectivity index (χ1v) is 11.8. The molecule has 0 bridgehead atoms. The lowest BCUT2D eigenvalue weighted by atomic mass is 10.1. The zero-order valence-corrected chi connectivity index (χ0v) is 20.1. The van der Waals surface area contributed by atoms with Crippen LogP contribution in [0.3, 0.4) is 0 Å². The fourth-order valence-electron chi connectivity index (χ4n) is 3.47. The van der Waals surface area contributed by atoms with E-state index in [-0.39, 0.29) is 11.5 Å². The molecule has 4 rings (SSSR count). The van der Waals surface area contributed by atoms with Gasteiger partial charge in [-0.25, -0.2) is 9.79 Å². The number of aliphatic imine (C=N–C) groups is 1. The van der Waals surface area contributed by atoms with Gasteiger partial charge in [0.1, 0.15) is 6.61 Å². The molecule has 1 fully saturated rings. The van der Waals surface area contributed by atoms with E-state index in [0.29, 0.717) is 40.4 Å². The second kappa shape index (κ2) is 10.9. The van der Waals surface area contributed by atoms with Crippen LogP contribution in [-0.2, 0) is 11.4 Å². The van der Waals surface area contributed by atoms with Crippen LogP contribution >= 0.6 is 11.8 Å². The number of carboxylic acid groups (broad SMARTS) is 1. The molecular weight excluding hydrogens is 464 g/mol. The summed E-state index contributed by atoms with van der Waals surface area (Å²) in [6.45, 7) is 2.73. The maximum atomic E-state index is 13.0. The number of methoxy groups -OCH3 is 1. The quantitative estimate of drug-likeness (QED) is 0.416. The number of hydrogen-bond donors (Lipinski definition) is 1. The Labute approximate surface area is 207 Å². The number of carboxylic acids is 1. The van der Waals surface area contributed by atoms with Gasteiger partial charge in [0.05, 0.1) is 23.3 Å². The molecule has 0 aromatic heterocycles. The summed E-state index contributed by atoms with van der Waals surface area (Å²) in [5.74, 6) is -0.00797. The zero-order valence-electron chi connectivity index (χ0n) is 19.3. The van der Waals surface area contributed by atoms with Crippen molar-refractivity contribution in [3.63, 3.8) is 0 Å². The van der Waals surface area contributed by atoms with E-state index in [1.165, 1.54) is 23.9 Å². The summed E-state index contributed by atoms with van der Waals surface area (Å²) < 4.78 is 11.4. The minimum Gasteiger partial charge on any atom is -0.493 e. The first-order valence-electron chi connectivity index (χ1n) is 11.0. The summed E-state index contributed by atoms with van der Waals surface area (Å²) in [6.07, 6.45) is 1.79. The van der Waals surface area contributed by atoms with Gasteiger partial charge in [-0.05, 0) is 66.2 Å². The number of hydrogen-bond acceptors (Lipinski definition) is 6. The summed E-state index contributed by atoms with van der Waals surface area (Å²) in [4.78, 5) is 30.9. The number of rotatable bonds is 8. The number of amidine groups is 1. The van der Waals surface area contributed by atoms with E-state index in [1.54, 1.807) is 30.2 Å². The highest BCUT2D eigenvalue weighted by molar-refractivity contribution is 8.18. The summed E-state index contributed by atoms with van der Waals surface area (Å²) >= 11 is 1.25. The maximum absolute atomic E-state index is 13.0. The van der Waals surface area contributed by atoms with Crippen LogP contribution in [-0.4, -0.2) is 40.7 Å². The Bertz CT molecular complexity index is 1300. The number of carbonyl (C=O) groups excluding carboxylic acids is 1. The topological polar surface area (TPSA) is 88.4 Å². The molecule has 0 saturated carbocycles. The van der Waals surface area contributed by atoms with Crippen LogP contribution in [0.25, 0.3) is 6.08 Å². The molecule has 1 N–H and O–H groups in total. The number of thioether (sulfide) groups is 1. The SMILES string of the molecule is CCN1C(=O)/C(=C\c2ccc(OCc3ccccc3)c(OC)c2)SC1=Nc1cccc(C(=O)O)c1. The van der Waals surface area contributed by atoms with Gasteiger partial charge in [0.15, 0.2) is 16.7 Å². The summed E-state index contributed by atoms with van der Waals surface area (Å²) in [6, 6.07) is 21.7. The van der Waals surface area contributed by atoms with Gasteiger partial charge in [0.25, 0.3) is 5.91 Å². The van der Waals surface area contributed by atoms with E-state index in [1.807, 2.05) is 55.5 Å². The largest absolute Gasteiger partial charge is 0.493 e. The van der Waals surface area contributed by atoms with Gasteiger partial charge in [-0.1, -0.05) is 42.5 Å². The average Bonchev–Trinajstić information content (AvgIpc) is 3.17. The third kappa shape index (κ3) is 5.73. The number of ether oxygens (including phenoxy) is 2. The molecule has 7 nitrogen and oxygen atoms in total. The molecule has 0 radical (unpaired) electrons. The molecule has 1 aliphatic rings. The zero-order chi connectivity index (χ0) is 24.8. The van der Waals surface area contributed by atoms with Crippen LogP contribution in [0.15, 0.2) is 82.7 Å². The van der Waals surface area contributed by atoms with Crippen molar-refractivity contribution >= 4 is 40.6 Å². The van der Waals surface area contributed by atoms with E-state index in [9.17, 15) is 14.7 Å². The molecule has 1 saturated heterocycles. The Morgan fingerprint density at radius 1 is 1.06 bits per heavy atom. The highest BCUT2D eigenvalue weighted by Crippen LogP contribution is 2.36. The number of nitrogens with zero attached hydrogens (tertiary/aromatic N) is 2. The summed E-state index contributed by atoms with van der Waals surface area (Å²) in [7, 11) is 1.58. The van der Waals surface area contributed by atoms with Gasteiger partial charge < -0.3 is 14.6 Å². The predicted molar refractivity (Wildman–Crippen MR) is 137 cm³/mol. The molecule has 0 atom stereocenters. The van der Waals surface area contributed by atoms with E-state index in [4.69, 9.17) is 9.47 Å². The van der Waals surface area contributed by atoms with Crippen LogP contribution in [0, 0.1) is 0 Å². The number of likely N-dealkylation sites (N-methyl/N-ethyl adjacent to an activating group) is 1. The van der Waals surface area contributed by atoms with Crippen molar-refractivity contribution in [2.24, 2.45) is 4.99 Å². The Balaban J connectivity index is 1.56. The maximum Gasteiger partial charge on any atom is 0.335 e. The Morgan fingerprint density at radius 3 is 2.57 bits per heavy atom. The van der Waals surface area contributed by atoms with Gasteiger partial charge in [0, 0.05) is 6.54 Å². The van der Waals surface area contributed by atoms with Crippen molar-refractivity contribution in [2.45, 2.75) is 13.5 Å². The van der Waals surface area contributed by atoms with Crippen LogP contribution in [0.1, 0.15) is 28.4 Å². The van der Waals surface area contributed by atoms with Crippen molar-refractivity contribution in [1.82, 2.24) is 4.90 Å². The van der Waals surface area contributed by atoms with Crippen LogP contribution in [0.5, 0.6) is 11.5 Å². The summed E-state index contributed by atoms with van der Waals surface area (Å²) in [5.41, 5.74) is 2.45. The molecule has 1 aliphatic heterocycles. The molecule has 0 unspecified atom stereocenters. The highest BCUT2D eigenvalue weighted by atomic mass is 32.2. The van der Waals surface area contributed by atoms with E-state index in [0.717, 1.165) is 11.1 Å². The number of benzene rings is 3. The molecular formula is C27H24N2O5S. The monoisotopic (exact) mass is 488 g/mol. The average molecular weight is 489 g/mol. The van der Waals surface area contributed by atoms with E-state index in [2.05, 4.69) is 4.99 Å². The molecule has 3 aromatic carbocycles. The van der Waals surface area contributed by atoms with Crippen LogP contribution < -0.4 is 9.47 Å². The first-order chi connectivity index (χ1) is 17.0. The van der Waals surface area contributed by atoms with E-state index < -0.39 is 5.97 Å². The standard InChI is InChI=1S/C27H24N2O5S/c1-3-29-25(30)24(35-27(29)28-21-11-7-10-20(16-21)26(31)32)15-19-12-13-22(23(14-19)33-2)34-17-18-8-5-4-6-9-18/h4-16H,3,17H2,1-2H3,(H,31,32)/b24-15+,28-27?. The van der Waals surface area contributed by atoms with Gasteiger partial charge in [-0.3, -0.25) is 9.69 Å². The Kier molecular flexibility index (Phi) is 7.52. The predicted octanol–water partition coefficient (Wildman–Crippen LogP) is 5.60. The van der Waals surface area contributed by atoms with Crippen LogP contribution in [0.2, 0.25) is 0 Å². The smallest absolute Gasteiger partial charge is 0.335 e. The van der Waals surface area contributed by atoms with Gasteiger partial charge in [-0.15, -0.1) is 0 Å². The second-order valence-corrected chi connectivity index (χ2v) is 8.60. The van der Waals surface area contributed by atoms with Crippen molar-refractivity contribution in [2.75, 3.05) is 13.7 Å². The fraction of sp³-hybridized carbons (Fsp3) is 0.148. The van der Waals surface area contributed by atoms with E-state index >= 15 is 0 Å². The lowest BCUT2D eigenvalue weighted by Crippen LogP contribution is -2.28. The Morgan fingerprint density at radius 2 is 1.86 bits per heavy atom. The molecule has 0 spiro atoms. The molecule has 1 amide bonds. The van der Waals surface area contributed by atoms with Crippen molar-refractivity contribution in [3.8, 4) is 11.5 Å². The van der Waals surface area contributed by atoms with Gasteiger partial charge in [0.2, 0.25) is 0 Å². The third-order valence-corrected chi connectivity index (χ3v) is 6.25. The van der Waals surface area contributed by atoms with Gasteiger partial charge >= 0.3 is 5.97 Å². The lowest BCUT2D eigenvalue weighted by molar-refractivity contribution is -0.122. The number of carbonyl (C=O) groups is 2. The van der Waals surface area contributed by atoms with Crippen LogP contribution in [0.4, 0.5) is 5.69 Å². The Hall–Kier alpha value is -4.04. The lowest BCUT2D eigenvalue weighted by Gasteiger charge is -2.12. The van der Waals surface area contributed by atoms with Crippen molar-refractivity contribution in [1.29, 1.82) is 0 Å². The molecule has 178 valence electrons.